The number of carbonyl (C=O) groups excluding carboxylic acids is 1. The summed E-state index contributed by atoms with van der Waals surface area (Å²) < 4.78 is 5.50. The van der Waals surface area contributed by atoms with E-state index in [1.807, 2.05) is 19.1 Å². The Labute approximate surface area is 126 Å². The molecule has 5 heteroatoms. The van der Waals surface area contributed by atoms with Crippen LogP contribution < -0.4 is 10.1 Å². The molecule has 1 aliphatic carbocycles. The van der Waals surface area contributed by atoms with Crippen molar-refractivity contribution in [3.8, 4) is 5.88 Å². The predicted octanol–water partition coefficient (Wildman–Crippen LogP) is 2.95. The molecule has 0 atom stereocenters. The SMILES string of the molecule is CCOc1ncccc1CN(C)C(=O)NC1CCCCC1. The molecule has 1 aromatic rings. The van der Waals surface area contributed by atoms with Crippen molar-refractivity contribution in [3.63, 3.8) is 0 Å². The number of nitrogens with zero attached hydrogens (tertiary/aromatic N) is 2. The van der Waals surface area contributed by atoms with Gasteiger partial charge in [0.05, 0.1) is 13.2 Å². The van der Waals surface area contributed by atoms with Crippen molar-refractivity contribution >= 4 is 6.03 Å². The van der Waals surface area contributed by atoms with Gasteiger partial charge in [-0.15, -0.1) is 0 Å². The number of nitrogens with one attached hydrogen (secondary N) is 1. The number of urea groups is 1. The molecule has 1 saturated carbocycles. The fourth-order valence-electron chi connectivity index (χ4n) is 2.67. The van der Waals surface area contributed by atoms with Gasteiger partial charge in [0.25, 0.3) is 0 Å². The van der Waals surface area contributed by atoms with Crippen LogP contribution in [-0.4, -0.2) is 35.6 Å². The van der Waals surface area contributed by atoms with E-state index in [9.17, 15) is 4.79 Å². The van der Waals surface area contributed by atoms with E-state index in [1.54, 1.807) is 18.1 Å². The second kappa shape index (κ2) is 7.86. The topological polar surface area (TPSA) is 54.5 Å². The van der Waals surface area contributed by atoms with Gasteiger partial charge in [-0.3, -0.25) is 0 Å². The predicted molar refractivity (Wildman–Crippen MR) is 82.3 cm³/mol. The summed E-state index contributed by atoms with van der Waals surface area (Å²) in [5.41, 5.74) is 0.931. The van der Waals surface area contributed by atoms with E-state index in [2.05, 4.69) is 10.3 Å². The van der Waals surface area contributed by atoms with Crippen LogP contribution in [0.2, 0.25) is 0 Å². The molecule has 2 amide bonds. The van der Waals surface area contributed by atoms with Crippen molar-refractivity contribution in [3.05, 3.63) is 23.9 Å². The number of ether oxygens (including phenoxy) is 1. The van der Waals surface area contributed by atoms with Crippen molar-refractivity contribution in [1.82, 2.24) is 15.2 Å². The molecule has 0 bridgehead atoms. The molecule has 1 aliphatic rings. The largest absolute Gasteiger partial charge is 0.478 e. The van der Waals surface area contributed by atoms with Crippen LogP contribution in [0, 0.1) is 0 Å². The van der Waals surface area contributed by atoms with Gasteiger partial charge in [-0.2, -0.15) is 0 Å². The normalized spacial score (nSPS) is 15.5. The maximum atomic E-state index is 12.2. The molecule has 1 N–H and O–H groups in total. The van der Waals surface area contributed by atoms with E-state index in [4.69, 9.17) is 4.74 Å². The van der Waals surface area contributed by atoms with Crippen LogP contribution >= 0.6 is 0 Å². The number of carbonyl (C=O) groups is 1. The third kappa shape index (κ3) is 4.62. The summed E-state index contributed by atoms with van der Waals surface area (Å²) >= 11 is 0. The van der Waals surface area contributed by atoms with E-state index >= 15 is 0 Å². The Bertz CT molecular complexity index is 459. The molecule has 0 aliphatic heterocycles. The van der Waals surface area contributed by atoms with Crippen LogP contribution in [0.5, 0.6) is 5.88 Å². The number of hydrogen-bond donors (Lipinski definition) is 1. The van der Waals surface area contributed by atoms with Crippen LogP contribution in [-0.2, 0) is 6.54 Å². The molecule has 0 saturated heterocycles. The average Bonchev–Trinajstić information content (AvgIpc) is 2.50. The molecule has 2 rings (SSSR count). The number of hydrogen-bond acceptors (Lipinski definition) is 3. The van der Waals surface area contributed by atoms with E-state index in [-0.39, 0.29) is 6.03 Å². The second-order valence-electron chi connectivity index (χ2n) is 5.54. The lowest BCUT2D eigenvalue weighted by atomic mass is 9.96. The fraction of sp³-hybridized carbons (Fsp3) is 0.625. The molecular weight excluding hydrogens is 266 g/mol. The Hall–Kier alpha value is -1.78. The van der Waals surface area contributed by atoms with E-state index in [0.29, 0.717) is 25.1 Å². The average molecular weight is 291 g/mol. The Morgan fingerprint density at radius 3 is 2.90 bits per heavy atom. The van der Waals surface area contributed by atoms with E-state index < -0.39 is 0 Å². The summed E-state index contributed by atoms with van der Waals surface area (Å²) in [4.78, 5) is 18.1. The minimum absolute atomic E-state index is 0.0202. The molecule has 0 aromatic carbocycles. The quantitative estimate of drug-likeness (QED) is 0.907. The number of pyridine rings is 1. The summed E-state index contributed by atoms with van der Waals surface area (Å²) in [6.07, 6.45) is 7.61. The number of rotatable bonds is 5. The van der Waals surface area contributed by atoms with Crippen molar-refractivity contribution in [2.24, 2.45) is 0 Å². The first-order valence-electron chi connectivity index (χ1n) is 7.79. The van der Waals surface area contributed by atoms with Gasteiger partial charge in [0, 0.05) is 24.8 Å². The van der Waals surface area contributed by atoms with Crippen molar-refractivity contribution in [2.75, 3.05) is 13.7 Å². The minimum atomic E-state index is -0.0202. The third-order valence-electron chi connectivity index (χ3n) is 3.82. The van der Waals surface area contributed by atoms with Gasteiger partial charge in [-0.1, -0.05) is 25.3 Å². The molecular formula is C16H25N3O2. The van der Waals surface area contributed by atoms with Gasteiger partial charge in [0.15, 0.2) is 0 Å². The standard InChI is InChI=1S/C16H25N3O2/c1-3-21-15-13(8-7-11-17-15)12-19(2)16(20)18-14-9-5-4-6-10-14/h7-8,11,14H,3-6,9-10,12H2,1-2H3,(H,18,20). The monoisotopic (exact) mass is 291 g/mol. The van der Waals surface area contributed by atoms with Gasteiger partial charge in [-0.25, -0.2) is 9.78 Å². The highest BCUT2D eigenvalue weighted by atomic mass is 16.5. The molecule has 0 radical (unpaired) electrons. The summed E-state index contributed by atoms with van der Waals surface area (Å²) in [6, 6.07) is 4.12. The van der Waals surface area contributed by atoms with Crippen LogP contribution in [0.3, 0.4) is 0 Å². The van der Waals surface area contributed by atoms with Crippen LogP contribution in [0.1, 0.15) is 44.6 Å². The summed E-state index contributed by atoms with van der Waals surface area (Å²) in [5, 5.41) is 3.12. The number of amides is 2. The molecule has 1 fully saturated rings. The molecule has 1 heterocycles. The molecule has 5 nitrogen and oxygen atoms in total. The second-order valence-corrected chi connectivity index (χ2v) is 5.54. The first-order chi connectivity index (χ1) is 10.2. The fourth-order valence-corrected chi connectivity index (χ4v) is 2.67. The lowest BCUT2D eigenvalue weighted by molar-refractivity contribution is 0.197. The number of aromatic nitrogens is 1. The van der Waals surface area contributed by atoms with Crippen LogP contribution in [0.15, 0.2) is 18.3 Å². The van der Waals surface area contributed by atoms with Crippen LogP contribution in [0.4, 0.5) is 4.79 Å². The highest BCUT2D eigenvalue weighted by Crippen LogP contribution is 2.19. The van der Waals surface area contributed by atoms with Gasteiger partial charge in [0.1, 0.15) is 0 Å². The molecule has 1 aromatic heterocycles. The van der Waals surface area contributed by atoms with E-state index in [0.717, 1.165) is 18.4 Å². The minimum Gasteiger partial charge on any atom is -0.478 e. The molecule has 21 heavy (non-hydrogen) atoms. The third-order valence-corrected chi connectivity index (χ3v) is 3.82. The maximum absolute atomic E-state index is 12.2. The van der Waals surface area contributed by atoms with Crippen LogP contribution in [0.25, 0.3) is 0 Å². The smallest absolute Gasteiger partial charge is 0.317 e. The van der Waals surface area contributed by atoms with E-state index in [1.165, 1.54) is 19.3 Å². The van der Waals surface area contributed by atoms with Crippen molar-refractivity contribution < 1.29 is 9.53 Å². The van der Waals surface area contributed by atoms with Crippen molar-refractivity contribution in [2.45, 2.75) is 51.6 Å². The zero-order valence-corrected chi connectivity index (χ0v) is 13.0. The van der Waals surface area contributed by atoms with Gasteiger partial charge in [-0.05, 0) is 25.8 Å². The Morgan fingerprint density at radius 2 is 2.19 bits per heavy atom. The Morgan fingerprint density at radius 1 is 1.43 bits per heavy atom. The maximum Gasteiger partial charge on any atom is 0.317 e. The van der Waals surface area contributed by atoms with Gasteiger partial charge >= 0.3 is 6.03 Å². The zero-order chi connectivity index (χ0) is 15.1. The Balaban J connectivity index is 1.90. The van der Waals surface area contributed by atoms with Gasteiger partial charge < -0.3 is 15.0 Å². The lowest BCUT2D eigenvalue weighted by Crippen LogP contribution is -2.43. The van der Waals surface area contributed by atoms with Crippen molar-refractivity contribution in [1.29, 1.82) is 0 Å². The lowest BCUT2D eigenvalue weighted by Gasteiger charge is -2.26. The molecule has 0 unspecified atom stereocenters. The summed E-state index contributed by atoms with van der Waals surface area (Å²) in [6.45, 7) is 3.00. The summed E-state index contributed by atoms with van der Waals surface area (Å²) in [7, 11) is 1.81. The first-order valence-corrected chi connectivity index (χ1v) is 7.79. The molecule has 116 valence electrons. The highest BCUT2D eigenvalue weighted by molar-refractivity contribution is 5.74. The Kier molecular flexibility index (Phi) is 5.84. The molecule has 0 spiro atoms. The first kappa shape index (κ1) is 15.6. The highest BCUT2D eigenvalue weighted by Gasteiger charge is 2.18. The zero-order valence-electron chi connectivity index (χ0n) is 13.0. The summed E-state index contributed by atoms with van der Waals surface area (Å²) in [5.74, 6) is 0.609. The van der Waals surface area contributed by atoms with Gasteiger partial charge in [0.2, 0.25) is 5.88 Å².